The van der Waals surface area contributed by atoms with E-state index >= 15 is 0 Å². The van der Waals surface area contributed by atoms with Gasteiger partial charge < -0.3 is 15.5 Å². The first-order valence-corrected chi connectivity index (χ1v) is 12.8. The van der Waals surface area contributed by atoms with Gasteiger partial charge >= 0.3 is 0 Å². The Morgan fingerprint density at radius 3 is 2.49 bits per heavy atom. The third-order valence-corrected chi connectivity index (χ3v) is 6.85. The van der Waals surface area contributed by atoms with Crippen LogP contribution in [0.5, 0.6) is 0 Å². The maximum Gasteiger partial charge on any atom is 0.193 e. The average molecular weight is 486 g/mol. The van der Waals surface area contributed by atoms with Crippen LogP contribution in [0, 0.1) is 0 Å². The number of carbonyl (C=O) groups is 1. The highest BCUT2D eigenvalue weighted by molar-refractivity contribution is 7.80. The van der Waals surface area contributed by atoms with Crippen molar-refractivity contribution in [3.8, 4) is 0 Å². The first-order chi connectivity index (χ1) is 16.7. The summed E-state index contributed by atoms with van der Waals surface area (Å²) >= 11 is 5.50. The maximum atomic E-state index is 13.0. The van der Waals surface area contributed by atoms with E-state index in [4.69, 9.17) is 12.2 Å². The van der Waals surface area contributed by atoms with Gasteiger partial charge in [-0.05, 0) is 66.7 Å². The fraction of sp³-hybridized carbons (Fsp3) is 0.333. The Balaban J connectivity index is 1.28. The summed E-state index contributed by atoms with van der Waals surface area (Å²) in [6.45, 7) is 10.6. The van der Waals surface area contributed by atoms with Crippen LogP contribution in [-0.2, 0) is 11.8 Å². The van der Waals surface area contributed by atoms with Crippen molar-refractivity contribution < 1.29 is 4.79 Å². The summed E-state index contributed by atoms with van der Waals surface area (Å²) in [6, 6.07) is 24.6. The molecule has 0 bridgehead atoms. The number of para-hydroxylation sites is 1. The Labute approximate surface area is 214 Å². The Morgan fingerprint density at radius 1 is 1.00 bits per heavy atom. The normalized spacial score (nSPS) is 15.0. The number of ketones is 1. The van der Waals surface area contributed by atoms with Crippen LogP contribution in [0.15, 0.2) is 72.8 Å². The zero-order chi connectivity index (χ0) is 25.0. The van der Waals surface area contributed by atoms with Gasteiger partial charge in [0, 0.05) is 41.6 Å². The zero-order valence-corrected chi connectivity index (χ0v) is 21.9. The van der Waals surface area contributed by atoms with E-state index in [9.17, 15) is 4.79 Å². The molecule has 35 heavy (non-hydrogen) atoms. The average Bonchev–Trinajstić information content (AvgIpc) is 3.16. The maximum absolute atomic E-state index is 13.0. The summed E-state index contributed by atoms with van der Waals surface area (Å²) in [5.74, 6) is 0.00741. The van der Waals surface area contributed by atoms with Crippen molar-refractivity contribution in [2.75, 3.05) is 23.3 Å². The second-order valence-corrected chi connectivity index (χ2v) is 10.8. The highest BCUT2D eigenvalue weighted by Gasteiger charge is 2.24. The smallest absolute Gasteiger partial charge is 0.193 e. The van der Waals surface area contributed by atoms with Gasteiger partial charge in [-0.1, -0.05) is 75.4 Å². The van der Waals surface area contributed by atoms with Crippen LogP contribution in [0.4, 0.5) is 11.4 Å². The number of nitrogens with one attached hydrogen (secondary N) is 2. The lowest BCUT2D eigenvalue weighted by Gasteiger charge is -2.25. The summed E-state index contributed by atoms with van der Waals surface area (Å²) in [4.78, 5) is 15.5. The lowest BCUT2D eigenvalue weighted by molar-refractivity contribution is 0.103. The molecule has 4 nitrogen and oxygen atoms in total. The quantitative estimate of drug-likeness (QED) is 0.232. The van der Waals surface area contributed by atoms with E-state index in [2.05, 4.69) is 67.5 Å². The summed E-state index contributed by atoms with van der Waals surface area (Å²) in [5.41, 5.74) is 6.20. The van der Waals surface area contributed by atoms with Crippen molar-refractivity contribution >= 4 is 34.5 Å². The zero-order valence-electron chi connectivity index (χ0n) is 21.1. The van der Waals surface area contributed by atoms with Gasteiger partial charge in [0.1, 0.15) is 0 Å². The molecule has 3 aromatic rings. The Hall–Kier alpha value is -3.18. The number of thiocarbonyl (C=S) groups is 1. The van der Waals surface area contributed by atoms with Crippen LogP contribution >= 0.6 is 12.2 Å². The molecule has 5 heteroatoms. The Kier molecular flexibility index (Phi) is 7.56. The first-order valence-electron chi connectivity index (χ1n) is 12.4. The predicted molar refractivity (Wildman–Crippen MR) is 151 cm³/mol. The topological polar surface area (TPSA) is 44.4 Å². The number of benzene rings is 3. The molecular weight excluding hydrogens is 450 g/mol. The van der Waals surface area contributed by atoms with E-state index in [0.29, 0.717) is 22.3 Å². The predicted octanol–water partition coefficient (Wildman–Crippen LogP) is 6.34. The first kappa shape index (κ1) is 24.9. The molecule has 0 aliphatic carbocycles. The number of nitrogens with zero attached hydrogens (tertiary/aromatic N) is 1. The number of hydrogen-bond acceptors (Lipinski definition) is 3. The third-order valence-electron chi connectivity index (χ3n) is 6.61. The van der Waals surface area contributed by atoms with Gasteiger partial charge in [0.2, 0.25) is 0 Å². The van der Waals surface area contributed by atoms with Crippen molar-refractivity contribution in [1.29, 1.82) is 0 Å². The monoisotopic (exact) mass is 485 g/mol. The Morgan fingerprint density at radius 2 is 1.74 bits per heavy atom. The second kappa shape index (κ2) is 10.6. The van der Waals surface area contributed by atoms with Gasteiger partial charge in [-0.15, -0.1) is 0 Å². The number of carbonyl (C=O) groups excluding carboxylic acids is 1. The van der Waals surface area contributed by atoms with Crippen LogP contribution in [0.25, 0.3) is 0 Å². The number of fused-ring (bicyclic) bond motifs is 1. The van der Waals surface area contributed by atoms with E-state index < -0.39 is 0 Å². The van der Waals surface area contributed by atoms with Gasteiger partial charge in [0.05, 0.1) is 0 Å². The largest absolute Gasteiger partial charge is 0.368 e. The van der Waals surface area contributed by atoms with E-state index in [1.807, 2.05) is 48.5 Å². The minimum Gasteiger partial charge on any atom is -0.368 e. The standard InChI is InChI=1S/C30H35N3OS/c1-21-19-23-9-5-6-12-27(23)33(21)18-8-17-31-29(35)32-26-11-7-10-24(20-26)28(34)22-13-15-25(16-14-22)30(2,3)4/h5-7,9-16,20-21H,8,17-19H2,1-4H3,(H2,31,32,35)/t21-/m1/s1. The Bertz CT molecular complexity index is 1200. The molecule has 182 valence electrons. The highest BCUT2D eigenvalue weighted by Crippen LogP contribution is 2.31. The van der Waals surface area contributed by atoms with E-state index in [1.54, 1.807) is 0 Å². The van der Waals surface area contributed by atoms with Crippen LogP contribution in [-0.4, -0.2) is 30.0 Å². The number of anilines is 2. The molecule has 1 atom stereocenters. The molecule has 0 radical (unpaired) electrons. The molecule has 0 amide bonds. The third kappa shape index (κ3) is 6.09. The second-order valence-electron chi connectivity index (χ2n) is 10.3. The van der Waals surface area contributed by atoms with Crippen LogP contribution in [0.1, 0.15) is 61.2 Å². The molecule has 0 saturated heterocycles. The van der Waals surface area contributed by atoms with E-state index in [1.165, 1.54) is 16.8 Å². The molecule has 0 unspecified atom stereocenters. The summed E-state index contributed by atoms with van der Waals surface area (Å²) in [7, 11) is 0. The molecule has 4 rings (SSSR count). The molecule has 0 fully saturated rings. The van der Waals surface area contributed by atoms with Crippen molar-refractivity contribution in [2.24, 2.45) is 0 Å². The van der Waals surface area contributed by atoms with Gasteiger partial charge in [0.15, 0.2) is 10.9 Å². The minimum atomic E-state index is 0.00741. The molecule has 0 saturated carbocycles. The molecule has 3 aromatic carbocycles. The lowest BCUT2D eigenvalue weighted by Crippen LogP contribution is -2.34. The molecular formula is C30H35N3OS. The summed E-state index contributed by atoms with van der Waals surface area (Å²) in [5, 5.41) is 7.10. The van der Waals surface area contributed by atoms with Crippen molar-refractivity contribution in [3.05, 3.63) is 95.1 Å². The fourth-order valence-electron chi connectivity index (χ4n) is 4.62. The number of hydrogen-bond donors (Lipinski definition) is 2. The molecule has 0 aromatic heterocycles. The molecule has 0 spiro atoms. The SMILES string of the molecule is C[C@@H]1Cc2ccccc2N1CCCNC(=S)Nc1cccc(C(=O)c2ccc(C(C)(C)C)cc2)c1. The summed E-state index contributed by atoms with van der Waals surface area (Å²) in [6.07, 6.45) is 2.10. The van der Waals surface area contributed by atoms with Crippen LogP contribution in [0.3, 0.4) is 0 Å². The van der Waals surface area contributed by atoms with Crippen molar-refractivity contribution in [2.45, 2.75) is 52.0 Å². The van der Waals surface area contributed by atoms with Crippen LogP contribution < -0.4 is 15.5 Å². The number of rotatable bonds is 7. The molecule has 2 N–H and O–H groups in total. The van der Waals surface area contributed by atoms with Crippen molar-refractivity contribution in [1.82, 2.24) is 5.32 Å². The van der Waals surface area contributed by atoms with Gasteiger partial charge in [-0.25, -0.2) is 0 Å². The molecule has 1 aliphatic heterocycles. The van der Waals surface area contributed by atoms with Crippen molar-refractivity contribution in [3.63, 3.8) is 0 Å². The van der Waals surface area contributed by atoms with Gasteiger partial charge in [-0.3, -0.25) is 4.79 Å². The van der Waals surface area contributed by atoms with E-state index in [0.717, 1.165) is 31.6 Å². The highest BCUT2D eigenvalue weighted by atomic mass is 32.1. The van der Waals surface area contributed by atoms with Gasteiger partial charge in [0.25, 0.3) is 0 Å². The molecule has 1 heterocycles. The van der Waals surface area contributed by atoms with E-state index in [-0.39, 0.29) is 11.2 Å². The van der Waals surface area contributed by atoms with Crippen LogP contribution in [0.2, 0.25) is 0 Å². The fourth-order valence-corrected chi connectivity index (χ4v) is 4.84. The molecule has 1 aliphatic rings. The lowest BCUT2D eigenvalue weighted by atomic mass is 9.86. The minimum absolute atomic E-state index is 0.00741. The summed E-state index contributed by atoms with van der Waals surface area (Å²) < 4.78 is 0. The van der Waals surface area contributed by atoms with Gasteiger partial charge in [-0.2, -0.15) is 0 Å².